The maximum absolute atomic E-state index is 9.90. The molecule has 2 heteroatoms. The Morgan fingerprint density at radius 3 is 2.67 bits per heavy atom. The van der Waals surface area contributed by atoms with E-state index in [0.29, 0.717) is 5.92 Å². The Hall–Kier alpha value is -1.12. The van der Waals surface area contributed by atoms with E-state index in [1.54, 1.807) is 0 Å². The first-order valence-corrected chi connectivity index (χ1v) is 6.69. The molecule has 0 spiro atoms. The molecule has 0 aromatic carbocycles. The molecule has 2 nitrogen and oxygen atoms in total. The molecule has 0 aromatic rings. The average Bonchev–Trinajstić information content (AvgIpc) is 2.37. The molecule has 2 aliphatic carbocycles. The Balaban J connectivity index is 2.11. The molecule has 0 bridgehead atoms. The Labute approximate surface area is 109 Å². The summed E-state index contributed by atoms with van der Waals surface area (Å²) in [4.78, 5) is 0. The average molecular weight is 246 g/mol. The highest BCUT2D eigenvalue weighted by Crippen LogP contribution is 2.30. The fourth-order valence-corrected chi connectivity index (χ4v) is 2.61. The maximum atomic E-state index is 9.90. The van der Waals surface area contributed by atoms with Gasteiger partial charge in [-0.25, -0.2) is 0 Å². The van der Waals surface area contributed by atoms with E-state index in [4.69, 9.17) is 5.11 Å². The van der Waals surface area contributed by atoms with Crippen molar-refractivity contribution < 1.29 is 10.2 Å². The molecule has 2 aliphatic rings. The summed E-state index contributed by atoms with van der Waals surface area (Å²) in [5.74, 6) is 0.644. The van der Waals surface area contributed by atoms with Gasteiger partial charge in [0.05, 0.1) is 6.10 Å². The van der Waals surface area contributed by atoms with Crippen LogP contribution in [0.2, 0.25) is 0 Å². The summed E-state index contributed by atoms with van der Waals surface area (Å²) in [6.07, 6.45) is 12.3. The van der Waals surface area contributed by atoms with Crippen LogP contribution in [0.4, 0.5) is 0 Å². The Morgan fingerprint density at radius 1 is 1.33 bits per heavy atom. The molecular formula is C16H22O2. The van der Waals surface area contributed by atoms with Gasteiger partial charge in [-0.05, 0) is 42.4 Å². The monoisotopic (exact) mass is 246 g/mol. The van der Waals surface area contributed by atoms with Gasteiger partial charge in [-0.15, -0.1) is 0 Å². The molecule has 3 atom stereocenters. The lowest BCUT2D eigenvalue weighted by Crippen LogP contribution is -2.21. The van der Waals surface area contributed by atoms with Crippen molar-refractivity contribution in [2.75, 3.05) is 6.61 Å². The highest BCUT2D eigenvalue weighted by Gasteiger charge is 2.20. The minimum absolute atomic E-state index is 0.175. The fourth-order valence-electron chi connectivity index (χ4n) is 2.61. The smallest absolute Gasteiger partial charge is 0.0810 e. The van der Waals surface area contributed by atoms with Crippen LogP contribution in [0.25, 0.3) is 0 Å². The molecule has 3 unspecified atom stereocenters. The van der Waals surface area contributed by atoms with E-state index < -0.39 is 0 Å². The van der Waals surface area contributed by atoms with Crippen LogP contribution in [0.3, 0.4) is 0 Å². The molecule has 0 saturated heterocycles. The largest absolute Gasteiger partial charge is 0.396 e. The van der Waals surface area contributed by atoms with E-state index in [9.17, 15) is 5.11 Å². The van der Waals surface area contributed by atoms with Crippen molar-refractivity contribution in [3.05, 3.63) is 47.1 Å². The molecule has 0 aliphatic heterocycles. The van der Waals surface area contributed by atoms with E-state index in [0.717, 1.165) is 18.4 Å². The van der Waals surface area contributed by atoms with Crippen LogP contribution in [0, 0.1) is 11.8 Å². The standard InChI is InChI=1S/C16H22O2/c1-11-9-15(10-12(2)16(11)18)14-5-3-13(4-6-14)7-8-17/h3,5-6,9-11,13,16-18H,4,7-8H2,1-2H3. The first-order valence-electron chi connectivity index (χ1n) is 6.69. The second kappa shape index (κ2) is 5.68. The number of allylic oxidation sites excluding steroid dienone is 6. The third kappa shape index (κ3) is 2.82. The number of hydrogen-bond donors (Lipinski definition) is 2. The predicted octanol–water partition coefficient (Wildman–Crippen LogP) is 2.75. The van der Waals surface area contributed by atoms with Gasteiger partial charge in [-0.1, -0.05) is 37.3 Å². The zero-order chi connectivity index (χ0) is 13.1. The van der Waals surface area contributed by atoms with Gasteiger partial charge in [0.1, 0.15) is 0 Å². The summed E-state index contributed by atoms with van der Waals surface area (Å²) in [5, 5.41) is 18.8. The molecule has 2 N–H and O–H groups in total. The number of aliphatic hydroxyl groups excluding tert-OH is 2. The molecule has 0 saturated carbocycles. The highest BCUT2D eigenvalue weighted by atomic mass is 16.3. The van der Waals surface area contributed by atoms with Gasteiger partial charge >= 0.3 is 0 Å². The van der Waals surface area contributed by atoms with Crippen molar-refractivity contribution in [3.8, 4) is 0 Å². The normalized spacial score (nSPS) is 31.8. The van der Waals surface area contributed by atoms with E-state index in [1.807, 2.05) is 13.8 Å². The number of rotatable bonds is 3. The third-order valence-electron chi connectivity index (χ3n) is 3.81. The Bertz CT molecular complexity index is 426. The van der Waals surface area contributed by atoms with Gasteiger partial charge < -0.3 is 10.2 Å². The van der Waals surface area contributed by atoms with Crippen molar-refractivity contribution in [2.45, 2.75) is 32.8 Å². The first kappa shape index (κ1) is 13.3. The minimum atomic E-state index is -0.343. The SMILES string of the molecule is CC1=CC(C2=CCC(CCO)C=C2)=CC(C)C1O. The summed E-state index contributed by atoms with van der Waals surface area (Å²) < 4.78 is 0. The van der Waals surface area contributed by atoms with Crippen molar-refractivity contribution in [1.82, 2.24) is 0 Å². The van der Waals surface area contributed by atoms with Gasteiger partial charge in [0.15, 0.2) is 0 Å². The molecule has 0 aromatic heterocycles. The van der Waals surface area contributed by atoms with Gasteiger partial charge in [-0.2, -0.15) is 0 Å². The molecule has 0 heterocycles. The molecule has 0 amide bonds. The second-order valence-electron chi connectivity index (χ2n) is 5.34. The van der Waals surface area contributed by atoms with E-state index in [2.05, 4.69) is 30.4 Å². The summed E-state index contributed by atoms with van der Waals surface area (Å²) in [6.45, 7) is 4.28. The zero-order valence-corrected chi connectivity index (χ0v) is 11.1. The van der Waals surface area contributed by atoms with Crippen LogP contribution in [0.15, 0.2) is 47.1 Å². The van der Waals surface area contributed by atoms with Crippen LogP contribution < -0.4 is 0 Å². The van der Waals surface area contributed by atoms with Crippen molar-refractivity contribution in [1.29, 1.82) is 0 Å². The van der Waals surface area contributed by atoms with E-state index >= 15 is 0 Å². The summed E-state index contributed by atoms with van der Waals surface area (Å²) >= 11 is 0. The number of aliphatic hydroxyl groups is 2. The van der Waals surface area contributed by atoms with Crippen molar-refractivity contribution in [3.63, 3.8) is 0 Å². The first-order chi connectivity index (χ1) is 8.61. The lowest BCUT2D eigenvalue weighted by Gasteiger charge is -2.24. The topological polar surface area (TPSA) is 40.5 Å². The van der Waals surface area contributed by atoms with Crippen LogP contribution >= 0.6 is 0 Å². The van der Waals surface area contributed by atoms with Crippen molar-refractivity contribution in [2.24, 2.45) is 11.8 Å². The highest BCUT2D eigenvalue weighted by molar-refractivity contribution is 5.51. The molecule has 18 heavy (non-hydrogen) atoms. The van der Waals surface area contributed by atoms with Gasteiger partial charge in [0.2, 0.25) is 0 Å². The van der Waals surface area contributed by atoms with Crippen LogP contribution in [0.1, 0.15) is 26.7 Å². The maximum Gasteiger partial charge on any atom is 0.0810 e. The minimum Gasteiger partial charge on any atom is -0.396 e. The Morgan fingerprint density at radius 2 is 2.11 bits per heavy atom. The zero-order valence-electron chi connectivity index (χ0n) is 11.1. The van der Waals surface area contributed by atoms with Gasteiger partial charge in [-0.3, -0.25) is 0 Å². The second-order valence-corrected chi connectivity index (χ2v) is 5.34. The van der Waals surface area contributed by atoms with E-state index in [1.165, 1.54) is 11.1 Å². The Kier molecular flexibility index (Phi) is 4.20. The lowest BCUT2D eigenvalue weighted by atomic mass is 9.84. The summed E-state index contributed by atoms with van der Waals surface area (Å²) in [5.41, 5.74) is 3.48. The summed E-state index contributed by atoms with van der Waals surface area (Å²) in [7, 11) is 0. The van der Waals surface area contributed by atoms with Gasteiger partial charge in [0, 0.05) is 12.5 Å². The number of hydrogen-bond acceptors (Lipinski definition) is 2. The quantitative estimate of drug-likeness (QED) is 0.804. The fraction of sp³-hybridized carbons (Fsp3) is 0.500. The molecule has 0 radical (unpaired) electrons. The molecule has 98 valence electrons. The molecular weight excluding hydrogens is 224 g/mol. The van der Waals surface area contributed by atoms with Crippen molar-refractivity contribution >= 4 is 0 Å². The molecule has 2 rings (SSSR count). The van der Waals surface area contributed by atoms with Crippen LogP contribution in [-0.2, 0) is 0 Å². The summed E-state index contributed by atoms with van der Waals surface area (Å²) in [6, 6.07) is 0. The van der Waals surface area contributed by atoms with Crippen LogP contribution in [0.5, 0.6) is 0 Å². The van der Waals surface area contributed by atoms with E-state index in [-0.39, 0.29) is 18.6 Å². The molecule has 0 fully saturated rings. The van der Waals surface area contributed by atoms with Gasteiger partial charge in [0.25, 0.3) is 0 Å². The predicted molar refractivity (Wildman–Crippen MR) is 74.0 cm³/mol. The third-order valence-corrected chi connectivity index (χ3v) is 3.81. The van der Waals surface area contributed by atoms with Crippen LogP contribution in [-0.4, -0.2) is 22.9 Å². The lowest BCUT2D eigenvalue weighted by molar-refractivity contribution is 0.171.